The molecule has 5 N–H and O–H groups in total. The van der Waals surface area contributed by atoms with Gasteiger partial charge in [0, 0.05) is 16.4 Å². The average Bonchev–Trinajstić information content (AvgIpc) is 3.20. The zero-order valence-electron chi connectivity index (χ0n) is 18.7. The van der Waals surface area contributed by atoms with E-state index in [9.17, 15) is 14.0 Å². The molecule has 1 aromatic rings. The van der Waals surface area contributed by atoms with E-state index < -0.39 is 11.4 Å². The minimum Gasteiger partial charge on any atom is -0.369 e. The van der Waals surface area contributed by atoms with Gasteiger partial charge in [-0.05, 0) is 81.9 Å². The van der Waals surface area contributed by atoms with E-state index in [-0.39, 0.29) is 21.2 Å². The van der Waals surface area contributed by atoms with Gasteiger partial charge < -0.3 is 21.6 Å². The highest BCUT2D eigenvalue weighted by molar-refractivity contribution is 7.80. The Kier molecular flexibility index (Phi) is 8.29. The van der Waals surface area contributed by atoms with Gasteiger partial charge in [-0.3, -0.25) is 4.79 Å². The van der Waals surface area contributed by atoms with E-state index in [1.54, 1.807) is 12.1 Å². The molecule has 6 rings (SSSR count). The van der Waals surface area contributed by atoms with Crippen molar-refractivity contribution in [2.75, 3.05) is 7.05 Å². The second kappa shape index (κ2) is 10.4. The van der Waals surface area contributed by atoms with Crippen LogP contribution in [-0.4, -0.2) is 30.8 Å². The number of aldehydes is 1. The van der Waals surface area contributed by atoms with Crippen LogP contribution in [-0.2, 0) is 9.59 Å². The van der Waals surface area contributed by atoms with Gasteiger partial charge in [-0.25, -0.2) is 4.39 Å². The number of halogens is 2. The van der Waals surface area contributed by atoms with Crippen molar-refractivity contribution >= 4 is 36.4 Å². The quantitative estimate of drug-likeness (QED) is 0.384. The first-order valence-electron chi connectivity index (χ1n) is 11.5. The summed E-state index contributed by atoms with van der Waals surface area (Å²) in [6, 6.07) is 5.32. The third kappa shape index (κ3) is 5.49. The van der Waals surface area contributed by atoms with Crippen LogP contribution >= 0.6 is 24.2 Å². The Balaban J connectivity index is 0.000000147. The van der Waals surface area contributed by atoms with Gasteiger partial charge in [0.1, 0.15) is 6.29 Å². The first-order chi connectivity index (χ1) is 15.1. The van der Waals surface area contributed by atoms with Crippen molar-refractivity contribution in [2.45, 2.75) is 74.3 Å². The molecule has 4 bridgehead atoms. The van der Waals surface area contributed by atoms with Crippen LogP contribution in [0.5, 0.6) is 0 Å². The molecule has 0 aromatic heterocycles. The number of carbonyl (C=O) groups excluding carboxylic acids is 2. The lowest BCUT2D eigenvalue weighted by atomic mass is 9.47. The van der Waals surface area contributed by atoms with Crippen molar-refractivity contribution in [3.63, 3.8) is 0 Å². The zero-order valence-corrected chi connectivity index (χ0v) is 20.3. The van der Waals surface area contributed by atoms with Gasteiger partial charge in [0.25, 0.3) is 0 Å². The molecule has 0 heterocycles. The fourth-order valence-corrected chi connectivity index (χ4v) is 6.89. The zero-order chi connectivity index (χ0) is 23.5. The van der Waals surface area contributed by atoms with E-state index in [0.29, 0.717) is 17.9 Å². The smallest absolute Gasteiger partial charge is 0.223 e. The number of thiol groups is 1. The lowest BCUT2D eigenvalue weighted by molar-refractivity contribution is -0.145. The van der Waals surface area contributed by atoms with Crippen LogP contribution in [0, 0.1) is 29.0 Å². The number of benzene rings is 1. The maximum atomic E-state index is 12.5. The van der Waals surface area contributed by atoms with Crippen LogP contribution in [0.1, 0.15) is 57.8 Å². The number of primary amides is 1. The monoisotopic (exact) mass is 483 g/mol. The summed E-state index contributed by atoms with van der Waals surface area (Å²) in [5, 5.41) is 3.56. The molecular weight excluding hydrogens is 449 g/mol. The first kappa shape index (κ1) is 25.5. The fraction of sp³-hybridized carbons (Fsp3) is 0.667. The van der Waals surface area contributed by atoms with Gasteiger partial charge in [0.15, 0.2) is 5.82 Å². The average molecular weight is 484 g/mol. The molecule has 5 saturated carbocycles. The standard InChI is InChI=1S/C12H20N2O.C6H4ClFS.C6H11NO/c1-14-10-8-2-7-3-9(10)6-12(4-7,5-8)11(13)15;7-4-2-1-3-5(9)6(4)8;7-6(5-8)3-1-2-4-6/h7-10,14H,2-6H2,1H3,(H2,13,15);1-3,9H;5H,1-4,7H2. The topological polar surface area (TPSA) is 98.2 Å². The molecule has 2 unspecified atom stereocenters. The van der Waals surface area contributed by atoms with Crippen molar-refractivity contribution in [2.24, 2.45) is 34.6 Å². The van der Waals surface area contributed by atoms with Crippen LogP contribution in [0.25, 0.3) is 0 Å². The molecule has 0 radical (unpaired) electrons. The van der Waals surface area contributed by atoms with Gasteiger partial charge in [0.05, 0.1) is 10.6 Å². The molecule has 0 aliphatic heterocycles. The predicted molar refractivity (Wildman–Crippen MR) is 128 cm³/mol. The molecule has 5 fully saturated rings. The Labute approximate surface area is 200 Å². The van der Waals surface area contributed by atoms with Gasteiger partial charge in [-0.15, -0.1) is 12.6 Å². The van der Waals surface area contributed by atoms with Crippen molar-refractivity contribution < 1.29 is 14.0 Å². The maximum Gasteiger partial charge on any atom is 0.223 e. The molecule has 178 valence electrons. The number of nitrogens with one attached hydrogen (secondary N) is 1. The van der Waals surface area contributed by atoms with Crippen LogP contribution in [0.4, 0.5) is 4.39 Å². The van der Waals surface area contributed by atoms with Gasteiger partial charge in [-0.2, -0.15) is 0 Å². The summed E-state index contributed by atoms with van der Waals surface area (Å²) < 4.78 is 12.5. The molecule has 1 amide bonds. The SMILES string of the molecule is CNC1C2CC3CC1CC(C(N)=O)(C3)C2.Fc1c(S)cccc1Cl.NC1(C=O)CCCC1. The number of carbonyl (C=O) groups is 2. The normalized spacial score (nSPS) is 33.5. The largest absolute Gasteiger partial charge is 0.369 e. The lowest BCUT2D eigenvalue weighted by Gasteiger charge is -2.58. The molecule has 8 heteroatoms. The molecule has 5 aliphatic carbocycles. The first-order valence-corrected chi connectivity index (χ1v) is 12.3. The molecule has 2 atom stereocenters. The summed E-state index contributed by atoms with van der Waals surface area (Å²) in [5.74, 6) is 1.70. The Morgan fingerprint density at radius 1 is 1.22 bits per heavy atom. The summed E-state index contributed by atoms with van der Waals surface area (Å²) in [6.07, 6.45) is 10.7. The van der Waals surface area contributed by atoms with E-state index in [1.165, 1.54) is 18.9 Å². The van der Waals surface area contributed by atoms with E-state index in [4.69, 9.17) is 23.1 Å². The summed E-state index contributed by atoms with van der Waals surface area (Å²) >= 11 is 9.20. The van der Waals surface area contributed by atoms with E-state index >= 15 is 0 Å². The molecule has 1 aromatic carbocycles. The lowest BCUT2D eigenvalue weighted by Crippen LogP contribution is -2.60. The third-order valence-corrected chi connectivity index (χ3v) is 8.47. The van der Waals surface area contributed by atoms with Crippen LogP contribution in [0.15, 0.2) is 23.1 Å². The number of amides is 1. The molecule has 0 spiro atoms. The summed E-state index contributed by atoms with van der Waals surface area (Å²) in [6.45, 7) is 0. The fourth-order valence-electron chi connectivity index (χ4n) is 6.44. The predicted octanol–water partition coefficient (Wildman–Crippen LogP) is 4.11. The highest BCUT2D eigenvalue weighted by Crippen LogP contribution is 2.59. The molecule has 5 nitrogen and oxygen atoms in total. The van der Waals surface area contributed by atoms with Gasteiger partial charge in [-0.1, -0.05) is 30.5 Å². The van der Waals surface area contributed by atoms with Crippen molar-refractivity contribution in [3.8, 4) is 0 Å². The highest BCUT2D eigenvalue weighted by Gasteiger charge is 2.57. The van der Waals surface area contributed by atoms with Crippen molar-refractivity contribution in [1.29, 1.82) is 0 Å². The number of hydrogen-bond acceptors (Lipinski definition) is 5. The summed E-state index contributed by atoms with van der Waals surface area (Å²) in [5.41, 5.74) is 10.6. The molecule has 0 saturated heterocycles. The maximum absolute atomic E-state index is 12.5. The molecule has 5 aliphatic rings. The Morgan fingerprint density at radius 3 is 2.22 bits per heavy atom. The minimum atomic E-state index is -0.456. The highest BCUT2D eigenvalue weighted by atomic mass is 35.5. The van der Waals surface area contributed by atoms with Crippen LogP contribution in [0.3, 0.4) is 0 Å². The number of nitrogens with two attached hydrogens (primary N) is 2. The van der Waals surface area contributed by atoms with E-state index in [1.807, 2.05) is 0 Å². The number of hydrogen-bond donors (Lipinski definition) is 4. The van der Waals surface area contributed by atoms with Crippen LogP contribution < -0.4 is 16.8 Å². The Bertz CT molecular complexity index is 797. The van der Waals surface area contributed by atoms with Crippen molar-refractivity contribution in [1.82, 2.24) is 5.32 Å². The summed E-state index contributed by atoms with van der Waals surface area (Å²) in [4.78, 5) is 22.1. The van der Waals surface area contributed by atoms with Crippen molar-refractivity contribution in [3.05, 3.63) is 29.0 Å². The second-order valence-electron chi connectivity index (χ2n) is 10.1. The van der Waals surface area contributed by atoms with Gasteiger partial charge >= 0.3 is 0 Å². The molecular formula is C24H35ClFN3O2S. The molecule has 32 heavy (non-hydrogen) atoms. The Hall–Kier alpha value is -1.15. The van der Waals surface area contributed by atoms with Crippen LogP contribution in [0.2, 0.25) is 5.02 Å². The Morgan fingerprint density at radius 2 is 1.81 bits per heavy atom. The second-order valence-corrected chi connectivity index (χ2v) is 10.9. The van der Waals surface area contributed by atoms with E-state index in [2.05, 4.69) is 25.0 Å². The van der Waals surface area contributed by atoms with Gasteiger partial charge in [0.2, 0.25) is 5.91 Å². The van der Waals surface area contributed by atoms with E-state index in [0.717, 1.165) is 57.1 Å². The minimum absolute atomic E-state index is 0.0311. The summed E-state index contributed by atoms with van der Waals surface area (Å²) in [7, 11) is 2.06. The third-order valence-electron chi connectivity index (χ3n) is 7.83. The number of rotatable bonds is 3.